The average molecular weight is 348 g/mol. The molecule has 0 fully saturated rings. The Kier molecular flexibility index (Phi) is 4.75. The summed E-state index contributed by atoms with van der Waals surface area (Å²) in [7, 11) is 0. The number of benzene rings is 2. The number of fused-ring (bicyclic) bond motifs is 2. The Hall–Kier alpha value is -3.54. The minimum Gasteiger partial charge on any atom is -0.480 e. The molecule has 0 bridgehead atoms. The number of hydrogen-bond donors (Lipinski definition) is 2. The van der Waals surface area contributed by atoms with Crippen molar-refractivity contribution in [2.75, 3.05) is 0 Å². The Morgan fingerprint density at radius 2 is 1.54 bits per heavy atom. The highest BCUT2D eigenvalue weighted by molar-refractivity contribution is 6.09. The van der Waals surface area contributed by atoms with Gasteiger partial charge >= 0.3 is 11.9 Å². The lowest BCUT2D eigenvalue weighted by atomic mass is 9.76. The second-order valence-electron chi connectivity index (χ2n) is 5.74. The van der Waals surface area contributed by atoms with E-state index in [-0.39, 0.29) is 12.0 Å². The number of rotatable bonds is 2. The van der Waals surface area contributed by atoms with Crippen LogP contribution in [0.2, 0.25) is 0 Å². The number of hydrogen-bond acceptors (Lipinski definition) is 4. The molecule has 3 aromatic rings. The van der Waals surface area contributed by atoms with Crippen LogP contribution >= 0.6 is 0 Å². The summed E-state index contributed by atoms with van der Waals surface area (Å²) in [6.07, 6.45) is 3.02. The van der Waals surface area contributed by atoms with E-state index in [1.54, 1.807) is 18.2 Å². The molecule has 6 nitrogen and oxygen atoms in total. The van der Waals surface area contributed by atoms with Crippen molar-refractivity contribution in [1.29, 1.82) is 0 Å². The molecule has 0 unspecified atom stereocenters. The third kappa shape index (κ3) is 3.04. The Morgan fingerprint density at radius 3 is 2.27 bits per heavy atom. The zero-order valence-corrected chi connectivity index (χ0v) is 13.7. The number of aliphatic carboxylic acids is 2. The largest absolute Gasteiger partial charge is 0.480 e. The van der Waals surface area contributed by atoms with Gasteiger partial charge in [0.1, 0.15) is 0 Å². The van der Waals surface area contributed by atoms with E-state index >= 15 is 0 Å². The van der Waals surface area contributed by atoms with Crippen molar-refractivity contribution in [3.63, 3.8) is 0 Å². The van der Waals surface area contributed by atoms with E-state index in [9.17, 15) is 9.59 Å². The molecular weight excluding hydrogens is 332 g/mol. The number of aliphatic imine (C=N–C) groups is 1. The van der Waals surface area contributed by atoms with Crippen LogP contribution in [-0.2, 0) is 15.0 Å². The lowest BCUT2D eigenvalue weighted by Crippen LogP contribution is -2.45. The highest BCUT2D eigenvalue weighted by Gasteiger charge is 2.50. The van der Waals surface area contributed by atoms with Gasteiger partial charge in [0.15, 0.2) is 5.41 Å². The molecule has 0 atom stereocenters. The van der Waals surface area contributed by atoms with Crippen LogP contribution < -0.4 is 0 Å². The highest BCUT2D eigenvalue weighted by atomic mass is 16.4. The molecule has 2 N–H and O–H groups in total. The summed E-state index contributed by atoms with van der Waals surface area (Å²) in [5, 5.41) is 19.5. The maximum Gasteiger partial charge on any atom is 0.326 e. The maximum atomic E-state index is 11.2. The number of aromatic nitrogens is 1. The minimum absolute atomic E-state index is 0.130. The topological polar surface area (TPSA) is 99.8 Å². The Balaban J connectivity index is 0.000000167. The molecule has 0 amide bonds. The van der Waals surface area contributed by atoms with Gasteiger partial charge in [0, 0.05) is 29.8 Å². The smallest absolute Gasteiger partial charge is 0.326 e. The lowest BCUT2D eigenvalue weighted by Gasteiger charge is -2.27. The van der Waals surface area contributed by atoms with Crippen LogP contribution in [0.15, 0.2) is 71.9 Å². The first-order valence-electron chi connectivity index (χ1n) is 7.94. The highest BCUT2D eigenvalue weighted by Crippen LogP contribution is 2.38. The van der Waals surface area contributed by atoms with Crippen molar-refractivity contribution in [2.24, 2.45) is 4.99 Å². The normalized spacial score (nSPS) is 14.0. The van der Waals surface area contributed by atoms with Crippen molar-refractivity contribution >= 4 is 34.7 Å². The first-order chi connectivity index (χ1) is 12.6. The van der Waals surface area contributed by atoms with E-state index in [4.69, 9.17) is 10.2 Å². The fraction of sp³-hybridized carbons (Fsp3) is 0.100. The molecule has 26 heavy (non-hydrogen) atoms. The molecule has 130 valence electrons. The Morgan fingerprint density at radius 1 is 0.885 bits per heavy atom. The van der Waals surface area contributed by atoms with Crippen LogP contribution in [0.4, 0.5) is 5.69 Å². The molecule has 6 heteroatoms. The molecule has 1 aliphatic heterocycles. The maximum absolute atomic E-state index is 11.2. The standard InChI is InChI=1S/C11H9NO4.C9H7N/c13-9(14)11(10(15)16)5-6-12-8-4-2-1-3-7(8)11;1-2-6-9-8(4-1)5-3-7-10-9/h1-4,6H,5H2,(H,13,14)(H,15,16);1-7H. The molecule has 1 aromatic heterocycles. The second kappa shape index (κ2) is 7.14. The number of para-hydroxylation sites is 2. The summed E-state index contributed by atoms with van der Waals surface area (Å²) in [5.74, 6) is -2.72. The molecule has 2 aromatic carbocycles. The number of carboxylic acids is 2. The van der Waals surface area contributed by atoms with Gasteiger partial charge in [0.2, 0.25) is 0 Å². The van der Waals surface area contributed by atoms with E-state index in [1.165, 1.54) is 17.7 Å². The van der Waals surface area contributed by atoms with E-state index in [0.29, 0.717) is 5.69 Å². The van der Waals surface area contributed by atoms with Crippen LogP contribution in [0.5, 0.6) is 0 Å². The first kappa shape index (κ1) is 17.3. The molecular formula is C20H16N2O4. The van der Waals surface area contributed by atoms with Crippen LogP contribution in [0.1, 0.15) is 12.0 Å². The van der Waals surface area contributed by atoms with Gasteiger partial charge < -0.3 is 10.2 Å². The first-order valence-corrected chi connectivity index (χ1v) is 7.94. The Bertz CT molecular complexity index is 918. The van der Waals surface area contributed by atoms with Gasteiger partial charge in [-0.1, -0.05) is 42.5 Å². The van der Waals surface area contributed by atoms with Gasteiger partial charge in [-0.2, -0.15) is 0 Å². The summed E-state index contributed by atoms with van der Waals surface area (Å²) in [6, 6.07) is 18.5. The monoisotopic (exact) mass is 348 g/mol. The molecule has 4 rings (SSSR count). The molecule has 1 aliphatic rings. The summed E-state index contributed by atoms with van der Waals surface area (Å²) >= 11 is 0. The van der Waals surface area contributed by atoms with Gasteiger partial charge in [-0.25, -0.2) is 0 Å². The second-order valence-corrected chi connectivity index (χ2v) is 5.74. The van der Waals surface area contributed by atoms with Crippen molar-refractivity contribution < 1.29 is 19.8 Å². The van der Waals surface area contributed by atoms with Gasteiger partial charge in [-0.05, 0) is 18.2 Å². The van der Waals surface area contributed by atoms with Crippen molar-refractivity contribution in [1.82, 2.24) is 4.98 Å². The molecule has 2 heterocycles. The van der Waals surface area contributed by atoms with E-state index in [0.717, 1.165) is 5.52 Å². The lowest BCUT2D eigenvalue weighted by molar-refractivity contribution is -0.157. The van der Waals surface area contributed by atoms with Crippen molar-refractivity contribution in [3.8, 4) is 0 Å². The molecule has 0 saturated carbocycles. The average Bonchev–Trinajstić information content (AvgIpc) is 2.67. The quantitative estimate of drug-likeness (QED) is 0.691. The van der Waals surface area contributed by atoms with Gasteiger partial charge in [0.05, 0.1) is 11.2 Å². The predicted octanol–water partition coefficient (Wildman–Crippen LogP) is 3.43. The summed E-state index contributed by atoms with van der Waals surface area (Å²) in [4.78, 5) is 30.7. The zero-order chi connectivity index (χ0) is 18.6. The third-order valence-corrected chi connectivity index (χ3v) is 4.23. The SMILES string of the molecule is O=C(O)C1(C(=O)O)CC=Nc2ccccc21.c1ccc2ncccc2c1. The van der Waals surface area contributed by atoms with Crippen molar-refractivity contribution in [2.45, 2.75) is 11.8 Å². The zero-order valence-electron chi connectivity index (χ0n) is 13.7. The Labute approximate surface area is 149 Å². The minimum atomic E-state index is -1.90. The van der Waals surface area contributed by atoms with E-state index < -0.39 is 17.4 Å². The number of carboxylic acid groups (broad SMARTS) is 2. The summed E-state index contributed by atoms with van der Waals surface area (Å²) in [5.41, 5.74) is -0.209. The van der Waals surface area contributed by atoms with Gasteiger partial charge in [0.25, 0.3) is 0 Å². The van der Waals surface area contributed by atoms with Crippen LogP contribution in [0.3, 0.4) is 0 Å². The fourth-order valence-corrected chi connectivity index (χ4v) is 2.85. The summed E-state index contributed by atoms with van der Waals surface area (Å²) < 4.78 is 0. The summed E-state index contributed by atoms with van der Waals surface area (Å²) in [6.45, 7) is 0. The van der Waals surface area contributed by atoms with Crippen LogP contribution in [-0.4, -0.2) is 33.4 Å². The predicted molar refractivity (Wildman–Crippen MR) is 97.9 cm³/mol. The number of carbonyl (C=O) groups is 2. The fourth-order valence-electron chi connectivity index (χ4n) is 2.85. The molecule has 0 saturated heterocycles. The van der Waals surface area contributed by atoms with E-state index in [2.05, 4.69) is 22.1 Å². The van der Waals surface area contributed by atoms with Gasteiger partial charge in [-0.15, -0.1) is 0 Å². The third-order valence-electron chi connectivity index (χ3n) is 4.23. The van der Waals surface area contributed by atoms with Crippen LogP contribution in [0.25, 0.3) is 10.9 Å². The number of pyridine rings is 1. The van der Waals surface area contributed by atoms with Gasteiger partial charge in [-0.3, -0.25) is 19.6 Å². The van der Waals surface area contributed by atoms with Crippen LogP contribution in [0, 0.1) is 0 Å². The molecule has 0 radical (unpaired) electrons. The number of nitrogens with zero attached hydrogens (tertiary/aromatic N) is 2. The molecule has 0 spiro atoms. The molecule has 0 aliphatic carbocycles. The van der Waals surface area contributed by atoms with E-state index in [1.807, 2.05) is 30.5 Å². The van der Waals surface area contributed by atoms with Crippen molar-refractivity contribution in [3.05, 3.63) is 72.4 Å².